The van der Waals surface area contributed by atoms with Crippen LogP contribution in [0.2, 0.25) is 0 Å². The van der Waals surface area contributed by atoms with Crippen molar-refractivity contribution in [1.29, 1.82) is 0 Å². The summed E-state index contributed by atoms with van der Waals surface area (Å²) in [5, 5.41) is 29.5. The van der Waals surface area contributed by atoms with Gasteiger partial charge in [-0.1, -0.05) is 13.8 Å². The highest BCUT2D eigenvalue weighted by Gasteiger charge is 2.33. The van der Waals surface area contributed by atoms with Crippen LogP contribution < -0.4 is 0 Å². The molecule has 0 spiro atoms. The van der Waals surface area contributed by atoms with E-state index in [1.54, 1.807) is 0 Å². The van der Waals surface area contributed by atoms with Crippen molar-refractivity contribution >= 4 is 11.6 Å². The van der Waals surface area contributed by atoms with Crippen molar-refractivity contribution in [2.75, 3.05) is 0 Å². The molecule has 0 amide bonds. The Bertz CT molecular complexity index is 833. The molecule has 2 aromatic rings. The van der Waals surface area contributed by atoms with Gasteiger partial charge < -0.3 is 15.3 Å². The monoisotopic (exact) mass is 298 g/mol. The molecular formula is C17H14O5. The molecule has 0 bridgehead atoms. The fourth-order valence-electron chi connectivity index (χ4n) is 2.75. The van der Waals surface area contributed by atoms with Crippen LogP contribution in [0.3, 0.4) is 0 Å². The van der Waals surface area contributed by atoms with Crippen molar-refractivity contribution in [3.8, 4) is 17.2 Å². The fourth-order valence-corrected chi connectivity index (χ4v) is 2.75. The van der Waals surface area contributed by atoms with E-state index < -0.39 is 17.3 Å². The molecule has 1 aliphatic carbocycles. The van der Waals surface area contributed by atoms with Crippen LogP contribution in [0.5, 0.6) is 17.2 Å². The van der Waals surface area contributed by atoms with Gasteiger partial charge in [-0.25, -0.2) is 0 Å². The lowest BCUT2D eigenvalue weighted by atomic mass is 9.81. The number of phenols is 3. The van der Waals surface area contributed by atoms with E-state index in [4.69, 9.17) is 0 Å². The molecule has 0 saturated carbocycles. The smallest absolute Gasteiger partial charge is 0.198 e. The quantitative estimate of drug-likeness (QED) is 0.642. The zero-order valence-corrected chi connectivity index (χ0v) is 12.0. The first kappa shape index (κ1) is 14.1. The van der Waals surface area contributed by atoms with E-state index in [0.717, 1.165) is 12.1 Å². The predicted molar refractivity (Wildman–Crippen MR) is 78.8 cm³/mol. The number of ketones is 2. The zero-order valence-electron chi connectivity index (χ0n) is 12.0. The molecule has 0 fully saturated rings. The molecule has 22 heavy (non-hydrogen) atoms. The van der Waals surface area contributed by atoms with Crippen molar-refractivity contribution in [1.82, 2.24) is 0 Å². The predicted octanol–water partition coefficient (Wildman–Crippen LogP) is 2.70. The Balaban J connectivity index is 2.32. The average molecular weight is 298 g/mol. The summed E-state index contributed by atoms with van der Waals surface area (Å²) in [6, 6.07) is 4.93. The number of benzene rings is 2. The maximum atomic E-state index is 12.6. The second-order valence-electron chi connectivity index (χ2n) is 5.66. The first-order valence-electron chi connectivity index (χ1n) is 6.83. The molecule has 0 unspecified atom stereocenters. The molecule has 3 N–H and O–H groups in total. The Labute approximate surface area is 126 Å². The molecule has 0 radical (unpaired) electrons. The Morgan fingerprint density at radius 1 is 0.773 bits per heavy atom. The first-order valence-corrected chi connectivity index (χ1v) is 6.83. The lowest BCUT2D eigenvalue weighted by Gasteiger charge is -2.21. The maximum absolute atomic E-state index is 12.6. The zero-order chi connectivity index (χ0) is 16.2. The van der Waals surface area contributed by atoms with Crippen molar-refractivity contribution in [3.63, 3.8) is 0 Å². The second-order valence-corrected chi connectivity index (χ2v) is 5.66. The fraction of sp³-hybridized carbons (Fsp3) is 0.176. The molecule has 0 heterocycles. The van der Waals surface area contributed by atoms with Gasteiger partial charge in [-0.2, -0.15) is 0 Å². The largest absolute Gasteiger partial charge is 0.508 e. The molecule has 112 valence electrons. The number of carbonyl (C=O) groups excluding carboxylic acids is 2. The molecule has 2 aromatic carbocycles. The van der Waals surface area contributed by atoms with Crippen molar-refractivity contribution in [3.05, 3.63) is 52.1 Å². The molecule has 0 saturated heterocycles. The normalized spacial score (nSPS) is 13.2. The van der Waals surface area contributed by atoms with E-state index >= 15 is 0 Å². The first-order chi connectivity index (χ1) is 10.3. The van der Waals surface area contributed by atoms with E-state index in [0.29, 0.717) is 5.56 Å². The summed E-state index contributed by atoms with van der Waals surface area (Å²) in [5.41, 5.74) is 0.605. The van der Waals surface area contributed by atoms with Gasteiger partial charge in [0.1, 0.15) is 17.2 Å². The molecule has 5 nitrogen and oxygen atoms in total. The van der Waals surface area contributed by atoms with Gasteiger partial charge in [0.05, 0.1) is 5.56 Å². The van der Waals surface area contributed by atoms with Crippen LogP contribution in [-0.4, -0.2) is 26.9 Å². The van der Waals surface area contributed by atoms with Gasteiger partial charge in [0.15, 0.2) is 11.6 Å². The third-order valence-corrected chi connectivity index (χ3v) is 3.85. The number of fused-ring (bicyclic) bond motifs is 2. The van der Waals surface area contributed by atoms with E-state index in [9.17, 15) is 24.9 Å². The van der Waals surface area contributed by atoms with Gasteiger partial charge in [-0.05, 0) is 29.7 Å². The van der Waals surface area contributed by atoms with Gasteiger partial charge in [0.25, 0.3) is 0 Å². The standard InChI is InChI=1S/C17H14O5/c1-7(2)9-5-10-11(6-13(9)19)16(21)12-3-8(18)4-14(20)15(12)17(10)22/h3-7,18-20H,1-2H3. The van der Waals surface area contributed by atoms with Crippen molar-refractivity contribution < 1.29 is 24.9 Å². The van der Waals surface area contributed by atoms with Crippen LogP contribution in [0.15, 0.2) is 24.3 Å². The highest BCUT2D eigenvalue weighted by Crippen LogP contribution is 2.38. The van der Waals surface area contributed by atoms with Crippen molar-refractivity contribution in [2.45, 2.75) is 19.8 Å². The lowest BCUT2D eigenvalue weighted by Crippen LogP contribution is -2.21. The topological polar surface area (TPSA) is 94.8 Å². The van der Waals surface area contributed by atoms with Gasteiger partial charge in [0, 0.05) is 22.8 Å². The highest BCUT2D eigenvalue weighted by atomic mass is 16.3. The molecule has 0 atom stereocenters. The number of hydrogen-bond donors (Lipinski definition) is 3. The number of phenolic OH excluding ortho intramolecular Hbond substituents is 3. The summed E-state index contributed by atoms with van der Waals surface area (Å²) in [5.74, 6) is -1.82. The minimum atomic E-state index is -0.513. The number of rotatable bonds is 1. The Kier molecular flexibility index (Phi) is 2.95. The minimum absolute atomic E-state index is 0.0250. The summed E-state index contributed by atoms with van der Waals surface area (Å²) in [6.07, 6.45) is 0. The lowest BCUT2D eigenvalue weighted by molar-refractivity contribution is 0.0976. The number of carbonyl (C=O) groups is 2. The molecule has 1 aliphatic rings. The summed E-state index contributed by atoms with van der Waals surface area (Å²) >= 11 is 0. The van der Waals surface area contributed by atoms with E-state index in [-0.39, 0.29) is 39.7 Å². The maximum Gasteiger partial charge on any atom is 0.198 e. The molecular weight excluding hydrogens is 284 g/mol. The van der Waals surface area contributed by atoms with E-state index in [1.165, 1.54) is 12.1 Å². The van der Waals surface area contributed by atoms with Crippen LogP contribution in [0.4, 0.5) is 0 Å². The minimum Gasteiger partial charge on any atom is -0.508 e. The number of hydrogen-bond acceptors (Lipinski definition) is 5. The summed E-state index contributed by atoms with van der Waals surface area (Å²) in [4.78, 5) is 25.1. The highest BCUT2D eigenvalue weighted by molar-refractivity contribution is 6.29. The SMILES string of the molecule is CC(C)c1cc2c(cc1O)C(=O)c1cc(O)cc(O)c1C2=O. The van der Waals surface area contributed by atoms with Crippen LogP contribution in [0, 0.1) is 0 Å². The van der Waals surface area contributed by atoms with Crippen LogP contribution in [0.25, 0.3) is 0 Å². The van der Waals surface area contributed by atoms with E-state index in [1.807, 2.05) is 13.8 Å². The molecule has 5 heteroatoms. The number of aromatic hydroxyl groups is 3. The van der Waals surface area contributed by atoms with Gasteiger partial charge in [-0.15, -0.1) is 0 Å². The Morgan fingerprint density at radius 2 is 1.41 bits per heavy atom. The van der Waals surface area contributed by atoms with Gasteiger partial charge in [0.2, 0.25) is 0 Å². The third-order valence-electron chi connectivity index (χ3n) is 3.85. The molecule has 0 aromatic heterocycles. The Hall–Kier alpha value is -2.82. The average Bonchev–Trinajstić information content (AvgIpc) is 2.43. The van der Waals surface area contributed by atoms with E-state index in [2.05, 4.69) is 0 Å². The third kappa shape index (κ3) is 1.86. The summed E-state index contributed by atoms with van der Waals surface area (Å²) < 4.78 is 0. The van der Waals surface area contributed by atoms with Gasteiger partial charge >= 0.3 is 0 Å². The summed E-state index contributed by atoms with van der Waals surface area (Å²) in [7, 11) is 0. The Morgan fingerprint density at radius 3 is 2.05 bits per heavy atom. The van der Waals surface area contributed by atoms with Crippen LogP contribution in [0.1, 0.15) is 57.2 Å². The van der Waals surface area contributed by atoms with Crippen molar-refractivity contribution in [2.24, 2.45) is 0 Å². The summed E-state index contributed by atoms with van der Waals surface area (Å²) in [6.45, 7) is 3.72. The second kappa shape index (κ2) is 4.59. The molecule has 3 rings (SSSR count). The van der Waals surface area contributed by atoms with Crippen LogP contribution >= 0.6 is 0 Å². The molecule has 0 aliphatic heterocycles. The van der Waals surface area contributed by atoms with Crippen LogP contribution in [-0.2, 0) is 0 Å². The van der Waals surface area contributed by atoms with Gasteiger partial charge in [-0.3, -0.25) is 9.59 Å².